The molecule has 1 unspecified atom stereocenters. The molecule has 0 fully saturated rings. The topological polar surface area (TPSA) is 108 Å². The maximum Gasteiger partial charge on any atom is 0.265 e. The number of benzene rings is 3. The van der Waals surface area contributed by atoms with Crippen molar-refractivity contribution in [3.63, 3.8) is 0 Å². The first-order chi connectivity index (χ1) is 15.1. The van der Waals surface area contributed by atoms with E-state index < -0.39 is 17.9 Å². The van der Waals surface area contributed by atoms with Crippen LogP contribution in [-0.4, -0.2) is 28.1 Å². The van der Waals surface area contributed by atoms with Gasteiger partial charge in [0.1, 0.15) is 17.2 Å². The van der Waals surface area contributed by atoms with Gasteiger partial charge in [0, 0.05) is 16.7 Å². The van der Waals surface area contributed by atoms with Gasteiger partial charge < -0.3 is 25.6 Å². The molecule has 0 bridgehead atoms. The molecule has 3 aromatic rings. The summed E-state index contributed by atoms with van der Waals surface area (Å²) in [5.41, 5.74) is 1.19. The van der Waals surface area contributed by atoms with Crippen molar-refractivity contribution in [3.8, 4) is 17.2 Å². The van der Waals surface area contributed by atoms with Crippen LogP contribution >= 0.6 is 23.2 Å². The normalized spacial score (nSPS) is 11.5. The number of amides is 2. The lowest BCUT2D eigenvalue weighted by Gasteiger charge is -2.17. The summed E-state index contributed by atoms with van der Waals surface area (Å²) in [4.78, 5) is 24.9. The quantitative estimate of drug-likeness (QED) is 0.359. The molecular formula is C23H20Cl2N2O5. The number of carbonyl (C=O) groups is 2. The summed E-state index contributed by atoms with van der Waals surface area (Å²) < 4.78 is 5.59. The van der Waals surface area contributed by atoms with Crippen LogP contribution in [0.5, 0.6) is 17.2 Å². The Kier molecular flexibility index (Phi) is 7.12. The second-order valence-electron chi connectivity index (χ2n) is 7.01. The number of ether oxygens (including phenoxy) is 1. The Balaban J connectivity index is 1.68. The van der Waals surface area contributed by atoms with E-state index in [1.165, 1.54) is 18.2 Å². The molecule has 1 atom stereocenters. The van der Waals surface area contributed by atoms with Crippen molar-refractivity contribution < 1.29 is 24.5 Å². The van der Waals surface area contributed by atoms with E-state index in [2.05, 4.69) is 10.6 Å². The molecule has 0 spiro atoms. The molecule has 32 heavy (non-hydrogen) atoms. The lowest BCUT2D eigenvalue weighted by molar-refractivity contribution is -0.122. The number of hydrogen-bond donors (Lipinski definition) is 4. The van der Waals surface area contributed by atoms with E-state index in [1.807, 2.05) is 0 Å². The van der Waals surface area contributed by atoms with Crippen molar-refractivity contribution in [1.29, 1.82) is 0 Å². The highest BCUT2D eigenvalue weighted by Gasteiger charge is 2.19. The highest BCUT2D eigenvalue weighted by atomic mass is 35.5. The minimum Gasteiger partial charge on any atom is -0.508 e. The van der Waals surface area contributed by atoms with Crippen molar-refractivity contribution in [2.75, 3.05) is 10.6 Å². The number of halogens is 2. The number of carbonyl (C=O) groups excluding carboxylic acids is 2. The first-order valence-corrected chi connectivity index (χ1v) is 10.3. The lowest BCUT2D eigenvalue weighted by Crippen LogP contribution is -2.30. The van der Waals surface area contributed by atoms with E-state index in [0.29, 0.717) is 21.9 Å². The first kappa shape index (κ1) is 23.2. The van der Waals surface area contributed by atoms with Gasteiger partial charge in [-0.3, -0.25) is 9.59 Å². The third-order valence-corrected chi connectivity index (χ3v) is 5.11. The second kappa shape index (κ2) is 9.80. The number of anilines is 2. The maximum absolute atomic E-state index is 12.5. The van der Waals surface area contributed by atoms with Crippen LogP contribution in [-0.2, 0) is 4.79 Å². The van der Waals surface area contributed by atoms with E-state index in [-0.39, 0.29) is 27.9 Å². The Morgan fingerprint density at radius 3 is 2.25 bits per heavy atom. The second-order valence-corrected chi connectivity index (χ2v) is 7.85. The molecular weight excluding hydrogens is 455 g/mol. The SMILES string of the molecule is Cc1cc(OC(C)C(=O)Nc2cc(O)c(NC(=O)c3ccc(Cl)cc3)cc2Cl)ccc1O. The minimum atomic E-state index is -0.888. The van der Waals surface area contributed by atoms with E-state index in [1.54, 1.807) is 50.2 Å². The molecule has 3 rings (SSSR count). The molecule has 0 heterocycles. The predicted molar refractivity (Wildman–Crippen MR) is 124 cm³/mol. The van der Waals surface area contributed by atoms with Crippen molar-refractivity contribution >= 4 is 46.4 Å². The van der Waals surface area contributed by atoms with E-state index in [0.717, 1.165) is 0 Å². The zero-order valence-electron chi connectivity index (χ0n) is 17.1. The minimum absolute atomic E-state index is 0.0804. The van der Waals surface area contributed by atoms with Crippen molar-refractivity contribution in [2.24, 2.45) is 0 Å². The van der Waals surface area contributed by atoms with Crippen molar-refractivity contribution in [1.82, 2.24) is 0 Å². The Hall–Kier alpha value is -3.42. The van der Waals surface area contributed by atoms with Crippen LogP contribution in [0, 0.1) is 6.92 Å². The zero-order valence-corrected chi connectivity index (χ0v) is 18.7. The molecule has 0 saturated carbocycles. The summed E-state index contributed by atoms with van der Waals surface area (Å²) >= 11 is 12.1. The summed E-state index contributed by atoms with van der Waals surface area (Å²) in [6.07, 6.45) is -0.888. The van der Waals surface area contributed by atoms with Crippen LogP contribution in [0.1, 0.15) is 22.8 Å². The summed E-state index contributed by atoms with van der Waals surface area (Å²) in [5.74, 6) is -0.710. The highest BCUT2D eigenvalue weighted by Crippen LogP contribution is 2.34. The van der Waals surface area contributed by atoms with E-state index in [9.17, 15) is 19.8 Å². The number of rotatable bonds is 6. The number of nitrogens with one attached hydrogen (secondary N) is 2. The summed E-state index contributed by atoms with van der Waals surface area (Å²) in [6, 6.07) is 13.4. The van der Waals surface area contributed by atoms with Crippen LogP contribution in [0.25, 0.3) is 0 Å². The van der Waals surface area contributed by atoms with Gasteiger partial charge in [-0.25, -0.2) is 0 Å². The monoisotopic (exact) mass is 474 g/mol. The molecule has 2 amide bonds. The fourth-order valence-electron chi connectivity index (χ4n) is 2.75. The molecule has 0 aliphatic carbocycles. The molecule has 166 valence electrons. The number of aryl methyl sites for hydroxylation is 1. The van der Waals surface area contributed by atoms with Gasteiger partial charge in [0.05, 0.1) is 16.4 Å². The van der Waals surface area contributed by atoms with Crippen molar-refractivity contribution in [2.45, 2.75) is 20.0 Å². The van der Waals surface area contributed by atoms with E-state index in [4.69, 9.17) is 27.9 Å². The Bertz CT molecular complexity index is 1170. The van der Waals surface area contributed by atoms with Gasteiger partial charge in [-0.1, -0.05) is 23.2 Å². The van der Waals surface area contributed by atoms with Crippen LogP contribution in [0.3, 0.4) is 0 Å². The number of phenolic OH excluding ortho intramolecular Hbond substituents is 2. The molecule has 0 radical (unpaired) electrons. The largest absolute Gasteiger partial charge is 0.508 e. The van der Waals surface area contributed by atoms with Gasteiger partial charge in [0.2, 0.25) is 0 Å². The highest BCUT2D eigenvalue weighted by molar-refractivity contribution is 6.34. The molecule has 4 N–H and O–H groups in total. The molecule has 0 aliphatic rings. The fraction of sp³-hybridized carbons (Fsp3) is 0.130. The average Bonchev–Trinajstić information content (AvgIpc) is 2.74. The molecule has 0 saturated heterocycles. The van der Waals surface area contributed by atoms with E-state index >= 15 is 0 Å². The van der Waals surface area contributed by atoms with Crippen LogP contribution in [0.2, 0.25) is 10.0 Å². The fourth-order valence-corrected chi connectivity index (χ4v) is 3.08. The number of hydrogen-bond acceptors (Lipinski definition) is 5. The molecule has 3 aromatic carbocycles. The third kappa shape index (κ3) is 5.63. The number of aromatic hydroxyl groups is 2. The lowest BCUT2D eigenvalue weighted by atomic mass is 10.2. The van der Waals surface area contributed by atoms with Gasteiger partial charge in [0.25, 0.3) is 11.8 Å². The van der Waals surface area contributed by atoms with Gasteiger partial charge in [-0.05, 0) is 67.9 Å². The standard InChI is InChI=1S/C23H20Cl2N2O5/c1-12-9-16(7-8-20(12)28)32-13(2)22(30)26-18-11-21(29)19(10-17(18)25)27-23(31)14-3-5-15(24)6-4-14/h3-11,13,28-29H,1-2H3,(H,26,30)(H,27,31). The summed E-state index contributed by atoms with van der Waals surface area (Å²) in [5, 5.41) is 25.6. The van der Waals surface area contributed by atoms with Gasteiger partial charge in [-0.15, -0.1) is 0 Å². The third-order valence-electron chi connectivity index (χ3n) is 4.55. The summed E-state index contributed by atoms with van der Waals surface area (Å²) in [6.45, 7) is 3.26. The van der Waals surface area contributed by atoms with Crippen LogP contribution in [0.4, 0.5) is 11.4 Å². The number of phenols is 2. The molecule has 9 heteroatoms. The Labute approximate surface area is 194 Å². The molecule has 0 aromatic heterocycles. The Morgan fingerprint density at radius 1 is 0.906 bits per heavy atom. The predicted octanol–water partition coefficient (Wildman–Crippen LogP) is 5.37. The van der Waals surface area contributed by atoms with Gasteiger partial charge in [-0.2, -0.15) is 0 Å². The van der Waals surface area contributed by atoms with Gasteiger partial charge in [0.15, 0.2) is 6.10 Å². The summed E-state index contributed by atoms with van der Waals surface area (Å²) in [7, 11) is 0. The Morgan fingerprint density at radius 2 is 1.59 bits per heavy atom. The first-order valence-electron chi connectivity index (χ1n) is 9.50. The zero-order chi connectivity index (χ0) is 23.4. The molecule has 0 aliphatic heterocycles. The smallest absolute Gasteiger partial charge is 0.265 e. The average molecular weight is 475 g/mol. The van der Waals surface area contributed by atoms with Crippen molar-refractivity contribution in [3.05, 3.63) is 75.8 Å². The van der Waals surface area contributed by atoms with Gasteiger partial charge >= 0.3 is 0 Å². The maximum atomic E-state index is 12.5. The van der Waals surface area contributed by atoms with Crippen LogP contribution < -0.4 is 15.4 Å². The molecule has 7 nitrogen and oxygen atoms in total. The van der Waals surface area contributed by atoms with Crippen LogP contribution in [0.15, 0.2) is 54.6 Å².